The molecule has 12 heavy (non-hydrogen) atoms. The van der Waals surface area contributed by atoms with Gasteiger partial charge in [0.05, 0.1) is 0 Å². The lowest BCUT2D eigenvalue weighted by molar-refractivity contribution is -0.117. The molecule has 0 aliphatic rings. The molecule has 70 valence electrons. The van der Waals surface area contributed by atoms with E-state index >= 15 is 0 Å². The van der Waals surface area contributed by atoms with Gasteiger partial charge in [0.15, 0.2) is 5.78 Å². The summed E-state index contributed by atoms with van der Waals surface area (Å²) in [5, 5.41) is 0. The average molecular weight is 233 g/mol. The maximum atomic E-state index is 11.1. The van der Waals surface area contributed by atoms with Crippen molar-refractivity contribution in [2.24, 2.45) is 5.92 Å². The van der Waals surface area contributed by atoms with E-state index < -0.39 is 0 Å². The van der Waals surface area contributed by atoms with Gasteiger partial charge in [0, 0.05) is 10.7 Å². The van der Waals surface area contributed by atoms with E-state index in [1.807, 2.05) is 6.92 Å². The van der Waals surface area contributed by atoms with Crippen LogP contribution in [-0.2, 0) is 4.79 Å². The van der Waals surface area contributed by atoms with Crippen LogP contribution >= 0.6 is 15.9 Å². The van der Waals surface area contributed by atoms with Crippen LogP contribution in [0.5, 0.6) is 0 Å². The predicted octanol–water partition coefficient (Wildman–Crippen LogP) is 3.33. The molecule has 0 aromatic rings. The third-order valence-electron chi connectivity index (χ3n) is 2.04. The third kappa shape index (κ3) is 4.70. The van der Waals surface area contributed by atoms with Crippen LogP contribution in [0.15, 0.2) is 12.7 Å². The second-order valence-corrected chi connectivity index (χ2v) is 4.39. The summed E-state index contributed by atoms with van der Waals surface area (Å²) < 4.78 is 0. The van der Waals surface area contributed by atoms with Gasteiger partial charge in [-0.15, -0.1) is 0 Å². The standard InChI is InChI=1S/C10H17BrO/c1-4-9(11)7-6-8(3)10(12)5-2/h5,8-9H,2,4,6-7H2,1,3H3. The molecule has 2 unspecified atom stereocenters. The Labute approximate surface area is 83.4 Å². The molecular weight excluding hydrogens is 216 g/mol. The lowest BCUT2D eigenvalue weighted by atomic mass is 9.99. The minimum atomic E-state index is 0.133. The summed E-state index contributed by atoms with van der Waals surface area (Å²) >= 11 is 3.54. The summed E-state index contributed by atoms with van der Waals surface area (Å²) in [6.07, 6.45) is 4.56. The highest BCUT2D eigenvalue weighted by Crippen LogP contribution is 2.16. The molecular formula is C10H17BrO. The molecule has 0 amide bonds. The first-order valence-electron chi connectivity index (χ1n) is 4.42. The van der Waals surface area contributed by atoms with Crippen LogP contribution < -0.4 is 0 Å². The van der Waals surface area contributed by atoms with Crippen molar-refractivity contribution < 1.29 is 4.79 Å². The zero-order valence-corrected chi connectivity index (χ0v) is 9.43. The molecule has 0 aromatic carbocycles. The number of hydrogen-bond donors (Lipinski definition) is 0. The molecule has 2 atom stereocenters. The van der Waals surface area contributed by atoms with Gasteiger partial charge in [-0.3, -0.25) is 4.79 Å². The van der Waals surface area contributed by atoms with Crippen LogP contribution in [0.2, 0.25) is 0 Å². The Balaban J connectivity index is 3.63. The van der Waals surface area contributed by atoms with E-state index in [9.17, 15) is 4.79 Å². The highest BCUT2D eigenvalue weighted by molar-refractivity contribution is 9.09. The van der Waals surface area contributed by atoms with Crippen molar-refractivity contribution in [3.8, 4) is 0 Å². The van der Waals surface area contributed by atoms with E-state index in [4.69, 9.17) is 0 Å². The number of allylic oxidation sites excluding steroid dienone is 1. The lowest BCUT2D eigenvalue weighted by Gasteiger charge is -2.10. The van der Waals surface area contributed by atoms with Crippen LogP contribution in [0, 0.1) is 5.92 Å². The zero-order valence-electron chi connectivity index (χ0n) is 7.85. The van der Waals surface area contributed by atoms with E-state index in [0.29, 0.717) is 4.83 Å². The van der Waals surface area contributed by atoms with Gasteiger partial charge >= 0.3 is 0 Å². The number of alkyl halides is 1. The number of halogens is 1. The maximum absolute atomic E-state index is 11.1. The Hall–Kier alpha value is -0.110. The minimum Gasteiger partial charge on any atom is -0.295 e. The van der Waals surface area contributed by atoms with Crippen molar-refractivity contribution in [1.29, 1.82) is 0 Å². The Kier molecular flexibility index (Phi) is 6.35. The summed E-state index contributed by atoms with van der Waals surface area (Å²) in [5.41, 5.74) is 0. The summed E-state index contributed by atoms with van der Waals surface area (Å²) in [7, 11) is 0. The number of carbonyl (C=O) groups excluding carboxylic acids is 1. The molecule has 2 heteroatoms. The Morgan fingerprint density at radius 1 is 1.58 bits per heavy atom. The van der Waals surface area contributed by atoms with Crippen molar-refractivity contribution in [3.05, 3.63) is 12.7 Å². The Morgan fingerprint density at radius 2 is 2.17 bits per heavy atom. The molecule has 0 aromatic heterocycles. The number of rotatable bonds is 6. The molecule has 0 N–H and O–H groups in total. The minimum absolute atomic E-state index is 0.133. The summed E-state index contributed by atoms with van der Waals surface area (Å²) in [4.78, 5) is 11.6. The SMILES string of the molecule is C=CC(=O)C(C)CCC(Br)CC. The predicted molar refractivity (Wildman–Crippen MR) is 56.6 cm³/mol. The average Bonchev–Trinajstić information content (AvgIpc) is 2.11. The fourth-order valence-electron chi connectivity index (χ4n) is 0.978. The van der Waals surface area contributed by atoms with Crippen molar-refractivity contribution in [2.45, 2.75) is 37.9 Å². The van der Waals surface area contributed by atoms with Gasteiger partial charge < -0.3 is 0 Å². The second kappa shape index (κ2) is 6.41. The number of ketones is 1. The van der Waals surface area contributed by atoms with E-state index in [1.54, 1.807) is 0 Å². The zero-order chi connectivity index (χ0) is 9.56. The van der Waals surface area contributed by atoms with E-state index in [0.717, 1.165) is 19.3 Å². The summed E-state index contributed by atoms with van der Waals surface area (Å²) in [6.45, 7) is 7.56. The molecule has 0 rings (SSSR count). The second-order valence-electron chi connectivity index (χ2n) is 3.09. The largest absolute Gasteiger partial charge is 0.295 e. The Bertz CT molecular complexity index is 154. The van der Waals surface area contributed by atoms with Crippen LogP contribution in [0.4, 0.5) is 0 Å². The quantitative estimate of drug-likeness (QED) is 0.508. The monoisotopic (exact) mass is 232 g/mol. The van der Waals surface area contributed by atoms with Gasteiger partial charge in [-0.05, 0) is 25.3 Å². The van der Waals surface area contributed by atoms with Gasteiger partial charge in [-0.2, -0.15) is 0 Å². The normalized spacial score (nSPS) is 15.2. The van der Waals surface area contributed by atoms with Gasteiger partial charge in [-0.1, -0.05) is 36.4 Å². The van der Waals surface area contributed by atoms with Crippen molar-refractivity contribution in [3.63, 3.8) is 0 Å². The maximum Gasteiger partial charge on any atom is 0.157 e. The van der Waals surface area contributed by atoms with Gasteiger partial charge in [0.2, 0.25) is 0 Å². The smallest absolute Gasteiger partial charge is 0.157 e. The van der Waals surface area contributed by atoms with E-state index in [1.165, 1.54) is 6.08 Å². The highest BCUT2D eigenvalue weighted by atomic mass is 79.9. The molecule has 0 aliphatic carbocycles. The Morgan fingerprint density at radius 3 is 2.58 bits per heavy atom. The number of hydrogen-bond acceptors (Lipinski definition) is 1. The molecule has 1 nitrogen and oxygen atoms in total. The van der Waals surface area contributed by atoms with Crippen LogP contribution in [0.3, 0.4) is 0 Å². The lowest BCUT2D eigenvalue weighted by Crippen LogP contribution is -2.09. The number of carbonyl (C=O) groups is 1. The van der Waals surface area contributed by atoms with Crippen LogP contribution in [-0.4, -0.2) is 10.6 Å². The van der Waals surface area contributed by atoms with Crippen molar-refractivity contribution in [2.75, 3.05) is 0 Å². The first-order chi connectivity index (χ1) is 5.61. The van der Waals surface area contributed by atoms with Crippen LogP contribution in [0.25, 0.3) is 0 Å². The molecule has 0 saturated carbocycles. The fourth-order valence-corrected chi connectivity index (χ4v) is 1.24. The highest BCUT2D eigenvalue weighted by Gasteiger charge is 2.10. The summed E-state index contributed by atoms with van der Waals surface area (Å²) in [5.74, 6) is 0.292. The molecule has 0 radical (unpaired) electrons. The van der Waals surface area contributed by atoms with E-state index in [-0.39, 0.29) is 11.7 Å². The molecule has 0 bridgehead atoms. The van der Waals surface area contributed by atoms with Crippen molar-refractivity contribution in [1.82, 2.24) is 0 Å². The van der Waals surface area contributed by atoms with Gasteiger partial charge in [-0.25, -0.2) is 0 Å². The van der Waals surface area contributed by atoms with Crippen molar-refractivity contribution >= 4 is 21.7 Å². The van der Waals surface area contributed by atoms with Gasteiger partial charge in [0.1, 0.15) is 0 Å². The molecule has 0 fully saturated rings. The molecule has 0 saturated heterocycles. The van der Waals surface area contributed by atoms with E-state index in [2.05, 4.69) is 29.4 Å². The first kappa shape index (κ1) is 11.9. The molecule has 0 spiro atoms. The van der Waals surface area contributed by atoms with Gasteiger partial charge in [0.25, 0.3) is 0 Å². The topological polar surface area (TPSA) is 17.1 Å². The summed E-state index contributed by atoms with van der Waals surface area (Å²) in [6, 6.07) is 0. The first-order valence-corrected chi connectivity index (χ1v) is 5.33. The van der Waals surface area contributed by atoms with Crippen LogP contribution in [0.1, 0.15) is 33.1 Å². The molecule has 0 aliphatic heterocycles. The third-order valence-corrected chi connectivity index (χ3v) is 3.15. The fraction of sp³-hybridized carbons (Fsp3) is 0.700. The molecule has 0 heterocycles.